The quantitative estimate of drug-likeness (QED) is 0.737. The average Bonchev–Trinajstić information content (AvgIpc) is 1.99. The Morgan fingerprint density at radius 3 is 2.12 bits per heavy atom. The molecule has 1 atom stereocenters. The number of carbonyl (C=O) groups is 1. The Kier molecular flexibility index (Phi) is 5.47. The smallest absolute Gasteiger partial charge is 0.308 e. The van der Waals surface area contributed by atoms with E-state index in [1.807, 2.05) is 20.8 Å². The Balaban J connectivity index is 4.47. The minimum atomic E-state index is -0.433. The van der Waals surface area contributed by atoms with Crippen LogP contribution in [-0.4, -0.2) is 17.1 Å². The van der Waals surface area contributed by atoms with Crippen LogP contribution in [0.3, 0.4) is 0 Å². The molecule has 0 aliphatic carbocycles. The number of hydrogen-bond acceptors (Lipinski definition) is 3. The monoisotopic (exact) mass is 229 g/mol. The Morgan fingerprint density at radius 2 is 1.81 bits per heavy atom. The van der Waals surface area contributed by atoms with Gasteiger partial charge in [0.25, 0.3) is 0 Å². The predicted octanol–water partition coefficient (Wildman–Crippen LogP) is 2.87. The summed E-state index contributed by atoms with van der Waals surface area (Å²) >= 11 is 0. The number of hydrogen-bond donors (Lipinski definition) is 1. The first-order valence-electron chi connectivity index (χ1n) is 6.11. The van der Waals surface area contributed by atoms with E-state index in [-0.39, 0.29) is 11.9 Å². The van der Waals surface area contributed by atoms with Gasteiger partial charge in [0.1, 0.15) is 5.60 Å². The molecule has 16 heavy (non-hydrogen) atoms. The van der Waals surface area contributed by atoms with Crippen LogP contribution in [0.5, 0.6) is 0 Å². The summed E-state index contributed by atoms with van der Waals surface area (Å²) in [7, 11) is 0. The maximum Gasteiger partial charge on any atom is 0.308 e. The van der Waals surface area contributed by atoms with Gasteiger partial charge in [0.15, 0.2) is 0 Å². The molecule has 0 amide bonds. The lowest BCUT2D eigenvalue weighted by Gasteiger charge is -2.33. The summed E-state index contributed by atoms with van der Waals surface area (Å²) in [6.07, 6.45) is 2.14. The Hall–Kier alpha value is -0.570. The second-order valence-corrected chi connectivity index (χ2v) is 5.90. The number of nitrogens with two attached hydrogens (primary N) is 1. The molecule has 0 aliphatic heterocycles. The molecule has 0 aromatic heterocycles. The minimum absolute atomic E-state index is 0.197. The number of ether oxygens (including phenoxy) is 1. The van der Waals surface area contributed by atoms with Crippen LogP contribution in [-0.2, 0) is 9.53 Å². The van der Waals surface area contributed by atoms with E-state index in [9.17, 15) is 4.79 Å². The SMILES string of the molecule is CCC[C@@](N)(CC(=O)OC(C)(C)C)C(C)C. The zero-order valence-electron chi connectivity index (χ0n) is 11.6. The maximum atomic E-state index is 11.8. The maximum absolute atomic E-state index is 11.8. The van der Waals surface area contributed by atoms with Crippen molar-refractivity contribution in [1.82, 2.24) is 0 Å². The molecule has 0 spiro atoms. The second kappa shape index (κ2) is 5.67. The normalized spacial score (nSPS) is 16.0. The molecular formula is C13H27NO2. The van der Waals surface area contributed by atoms with Crippen LogP contribution in [0.2, 0.25) is 0 Å². The molecule has 96 valence electrons. The standard InChI is InChI=1S/C13H27NO2/c1-7-8-13(14,10(2)3)9-11(15)16-12(4,5)6/h10H,7-9,14H2,1-6H3/t13-/m1/s1. The molecule has 0 fully saturated rings. The van der Waals surface area contributed by atoms with E-state index >= 15 is 0 Å². The lowest BCUT2D eigenvalue weighted by molar-refractivity contribution is -0.156. The first kappa shape index (κ1) is 15.4. The van der Waals surface area contributed by atoms with Gasteiger partial charge in [-0.1, -0.05) is 27.2 Å². The second-order valence-electron chi connectivity index (χ2n) is 5.90. The third-order valence-electron chi connectivity index (χ3n) is 2.76. The third kappa shape index (κ3) is 5.50. The highest BCUT2D eigenvalue weighted by Crippen LogP contribution is 2.25. The molecule has 0 unspecified atom stereocenters. The fraction of sp³-hybridized carbons (Fsp3) is 0.923. The van der Waals surface area contributed by atoms with E-state index in [0.717, 1.165) is 12.8 Å². The molecule has 0 rings (SSSR count). The summed E-state index contributed by atoms with van der Waals surface area (Å²) < 4.78 is 5.31. The summed E-state index contributed by atoms with van der Waals surface area (Å²) in [4.78, 5) is 11.8. The van der Waals surface area contributed by atoms with Crippen molar-refractivity contribution in [1.29, 1.82) is 0 Å². The first-order chi connectivity index (χ1) is 7.10. The molecule has 0 aromatic carbocycles. The van der Waals surface area contributed by atoms with Crippen LogP contribution in [0.1, 0.15) is 60.8 Å². The van der Waals surface area contributed by atoms with Crippen molar-refractivity contribution in [2.75, 3.05) is 0 Å². The van der Waals surface area contributed by atoms with Crippen molar-refractivity contribution in [2.24, 2.45) is 11.7 Å². The summed E-state index contributed by atoms with van der Waals surface area (Å²) in [6, 6.07) is 0. The van der Waals surface area contributed by atoms with E-state index in [1.165, 1.54) is 0 Å². The largest absolute Gasteiger partial charge is 0.460 e. The van der Waals surface area contributed by atoms with Crippen LogP contribution in [0.4, 0.5) is 0 Å². The molecule has 0 heterocycles. The van der Waals surface area contributed by atoms with Crippen LogP contribution < -0.4 is 5.73 Å². The highest BCUT2D eigenvalue weighted by atomic mass is 16.6. The summed E-state index contributed by atoms with van der Waals surface area (Å²) in [5.41, 5.74) is 5.41. The fourth-order valence-electron chi connectivity index (χ4n) is 1.69. The van der Waals surface area contributed by atoms with E-state index < -0.39 is 11.1 Å². The Morgan fingerprint density at radius 1 is 1.31 bits per heavy atom. The van der Waals surface area contributed by atoms with Gasteiger partial charge in [0.2, 0.25) is 0 Å². The zero-order chi connectivity index (χ0) is 13.0. The van der Waals surface area contributed by atoms with Gasteiger partial charge < -0.3 is 10.5 Å². The van der Waals surface area contributed by atoms with Gasteiger partial charge in [-0.25, -0.2) is 0 Å². The molecule has 2 N–H and O–H groups in total. The van der Waals surface area contributed by atoms with Crippen molar-refractivity contribution in [3.05, 3.63) is 0 Å². The van der Waals surface area contributed by atoms with Crippen LogP contribution in [0.15, 0.2) is 0 Å². The summed E-state index contributed by atoms with van der Waals surface area (Å²) in [5.74, 6) is 0.0807. The topological polar surface area (TPSA) is 52.3 Å². The summed E-state index contributed by atoms with van der Waals surface area (Å²) in [5, 5.41) is 0. The number of carbonyl (C=O) groups excluding carboxylic acids is 1. The van der Waals surface area contributed by atoms with Gasteiger partial charge in [-0.15, -0.1) is 0 Å². The van der Waals surface area contributed by atoms with E-state index in [1.54, 1.807) is 0 Å². The molecule has 0 radical (unpaired) electrons. The van der Waals surface area contributed by atoms with E-state index in [4.69, 9.17) is 10.5 Å². The lowest BCUT2D eigenvalue weighted by atomic mass is 9.80. The van der Waals surface area contributed by atoms with Crippen molar-refractivity contribution in [2.45, 2.75) is 71.9 Å². The van der Waals surface area contributed by atoms with Gasteiger partial charge >= 0.3 is 5.97 Å². The van der Waals surface area contributed by atoms with Gasteiger partial charge in [0, 0.05) is 5.54 Å². The molecule has 0 saturated carbocycles. The van der Waals surface area contributed by atoms with Crippen molar-refractivity contribution in [3.63, 3.8) is 0 Å². The first-order valence-corrected chi connectivity index (χ1v) is 6.11. The molecule has 3 heteroatoms. The minimum Gasteiger partial charge on any atom is -0.460 e. The molecule has 0 bridgehead atoms. The molecular weight excluding hydrogens is 202 g/mol. The predicted molar refractivity (Wildman–Crippen MR) is 67.1 cm³/mol. The van der Waals surface area contributed by atoms with Crippen LogP contribution in [0.25, 0.3) is 0 Å². The van der Waals surface area contributed by atoms with Gasteiger partial charge in [-0.3, -0.25) is 4.79 Å². The molecule has 3 nitrogen and oxygen atoms in total. The number of rotatable bonds is 5. The Labute approximate surface area is 99.7 Å². The van der Waals surface area contributed by atoms with E-state index in [2.05, 4.69) is 20.8 Å². The van der Waals surface area contributed by atoms with Crippen LogP contribution >= 0.6 is 0 Å². The Bertz CT molecular complexity index is 231. The number of esters is 1. The molecule has 0 aromatic rings. The summed E-state index contributed by atoms with van der Waals surface area (Å²) in [6.45, 7) is 11.8. The van der Waals surface area contributed by atoms with Gasteiger partial charge in [-0.2, -0.15) is 0 Å². The average molecular weight is 229 g/mol. The van der Waals surface area contributed by atoms with Crippen LogP contribution in [0, 0.1) is 5.92 Å². The molecule has 0 saturated heterocycles. The van der Waals surface area contributed by atoms with Crippen molar-refractivity contribution in [3.8, 4) is 0 Å². The van der Waals surface area contributed by atoms with Gasteiger partial charge in [0.05, 0.1) is 6.42 Å². The zero-order valence-corrected chi connectivity index (χ0v) is 11.6. The third-order valence-corrected chi connectivity index (χ3v) is 2.76. The highest BCUT2D eigenvalue weighted by molar-refractivity contribution is 5.71. The highest BCUT2D eigenvalue weighted by Gasteiger charge is 2.32. The lowest BCUT2D eigenvalue weighted by Crippen LogP contribution is -2.47. The van der Waals surface area contributed by atoms with Crippen molar-refractivity contribution < 1.29 is 9.53 Å². The fourth-order valence-corrected chi connectivity index (χ4v) is 1.69. The molecule has 0 aliphatic rings. The van der Waals surface area contributed by atoms with Gasteiger partial charge in [-0.05, 0) is 33.1 Å². The van der Waals surface area contributed by atoms with Crippen molar-refractivity contribution >= 4 is 5.97 Å². The van der Waals surface area contributed by atoms with E-state index in [0.29, 0.717) is 6.42 Å².